The van der Waals surface area contributed by atoms with Crippen LogP contribution in [0.15, 0.2) is 29.1 Å². The van der Waals surface area contributed by atoms with Gasteiger partial charge in [0.25, 0.3) is 0 Å². The summed E-state index contributed by atoms with van der Waals surface area (Å²) < 4.78 is 11.4. The maximum absolute atomic E-state index is 11.5. The van der Waals surface area contributed by atoms with Crippen molar-refractivity contribution in [2.24, 2.45) is 5.41 Å². The zero-order chi connectivity index (χ0) is 15.9. The van der Waals surface area contributed by atoms with Crippen molar-refractivity contribution in [3.05, 3.63) is 40.2 Å². The van der Waals surface area contributed by atoms with Crippen LogP contribution in [0.3, 0.4) is 0 Å². The van der Waals surface area contributed by atoms with Gasteiger partial charge in [-0.2, -0.15) is 0 Å². The number of aromatic amines is 1. The van der Waals surface area contributed by atoms with Crippen molar-refractivity contribution in [2.45, 2.75) is 13.8 Å². The number of rotatable bonds is 2. The minimum absolute atomic E-state index is 0.0308. The predicted octanol–water partition coefficient (Wildman–Crippen LogP) is 0.994. The van der Waals surface area contributed by atoms with Crippen LogP contribution in [0, 0.1) is 5.41 Å². The molecule has 3 rings (SSSR count). The van der Waals surface area contributed by atoms with Crippen LogP contribution in [0.1, 0.15) is 24.2 Å². The van der Waals surface area contributed by atoms with Crippen molar-refractivity contribution in [2.75, 3.05) is 13.2 Å². The van der Waals surface area contributed by atoms with E-state index in [1.165, 1.54) is 0 Å². The van der Waals surface area contributed by atoms with Crippen LogP contribution in [-0.4, -0.2) is 36.4 Å². The molecule has 2 aromatic rings. The first-order valence-electron chi connectivity index (χ1n) is 6.99. The van der Waals surface area contributed by atoms with E-state index in [9.17, 15) is 14.7 Å². The van der Waals surface area contributed by atoms with Gasteiger partial charge in [-0.3, -0.25) is 4.79 Å². The maximum atomic E-state index is 11.5. The van der Waals surface area contributed by atoms with Crippen LogP contribution < -0.4 is 11.0 Å². The van der Waals surface area contributed by atoms with Gasteiger partial charge in [-0.05, 0) is 11.5 Å². The molecule has 1 fully saturated rings. The van der Waals surface area contributed by atoms with Gasteiger partial charge in [0, 0.05) is 35.6 Å². The first-order chi connectivity index (χ1) is 10.4. The second kappa shape index (κ2) is 5.26. The number of benzene rings is 1. The summed E-state index contributed by atoms with van der Waals surface area (Å²) in [4.78, 5) is 25.5. The Morgan fingerprint density at radius 1 is 1.27 bits per heavy atom. The smallest absolute Gasteiger partial charge is 0.478 e. The highest BCUT2D eigenvalue weighted by molar-refractivity contribution is 6.61. The van der Waals surface area contributed by atoms with Gasteiger partial charge in [0.2, 0.25) is 5.56 Å². The lowest BCUT2D eigenvalue weighted by atomic mass is 9.75. The maximum Gasteiger partial charge on any atom is 0.493 e. The van der Waals surface area contributed by atoms with Gasteiger partial charge in [0.1, 0.15) is 0 Å². The van der Waals surface area contributed by atoms with Gasteiger partial charge in [0.05, 0.1) is 5.56 Å². The molecule has 0 saturated carbocycles. The summed E-state index contributed by atoms with van der Waals surface area (Å²) in [7, 11) is -0.522. The molecule has 0 aliphatic carbocycles. The molecule has 1 aromatic carbocycles. The van der Waals surface area contributed by atoms with Crippen molar-refractivity contribution < 1.29 is 19.2 Å². The third kappa shape index (κ3) is 2.77. The van der Waals surface area contributed by atoms with Gasteiger partial charge in [-0.25, -0.2) is 4.79 Å². The number of hydrogen-bond acceptors (Lipinski definition) is 4. The average molecular weight is 301 g/mol. The average Bonchev–Trinajstić information content (AvgIpc) is 2.46. The molecule has 1 saturated heterocycles. The zero-order valence-electron chi connectivity index (χ0n) is 12.4. The Balaban J connectivity index is 2.03. The Morgan fingerprint density at radius 2 is 1.95 bits per heavy atom. The lowest BCUT2D eigenvalue weighted by Gasteiger charge is -2.33. The summed E-state index contributed by atoms with van der Waals surface area (Å²) in [6, 6.07) is 6.22. The summed E-state index contributed by atoms with van der Waals surface area (Å²) >= 11 is 0. The van der Waals surface area contributed by atoms with Gasteiger partial charge in [-0.15, -0.1) is 0 Å². The van der Waals surface area contributed by atoms with Crippen molar-refractivity contribution in [3.8, 4) is 0 Å². The molecular weight excluding hydrogens is 285 g/mol. The number of carbonyl (C=O) groups is 1. The Hall–Kier alpha value is -2.12. The van der Waals surface area contributed by atoms with Crippen LogP contribution >= 0.6 is 0 Å². The number of fused-ring (bicyclic) bond motifs is 1. The molecule has 2 heterocycles. The van der Waals surface area contributed by atoms with E-state index in [-0.39, 0.29) is 11.0 Å². The van der Waals surface area contributed by atoms with E-state index in [1.54, 1.807) is 18.2 Å². The van der Waals surface area contributed by atoms with Crippen LogP contribution in [-0.2, 0) is 9.31 Å². The molecular formula is C15H16BNO5. The van der Waals surface area contributed by atoms with Crippen molar-refractivity contribution >= 4 is 29.5 Å². The summed E-state index contributed by atoms with van der Waals surface area (Å²) in [5.74, 6) is -1.14. The van der Waals surface area contributed by atoms with E-state index in [0.29, 0.717) is 24.1 Å². The van der Waals surface area contributed by atoms with E-state index in [2.05, 4.69) is 18.8 Å². The number of H-pyrrole nitrogens is 1. The van der Waals surface area contributed by atoms with E-state index >= 15 is 0 Å². The summed E-state index contributed by atoms with van der Waals surface area (Å²) in [6.45, 7) is 5.23. The lowest BCUT2D eigenvalue weighted by Crippen LogP contribution is -2.47. The molecule has 0 unspecified atom stereocenters. The third-order valence-corrected chi connectivity index (χ3v) is 3.62. The van der Waals surface area contributed by atoms with Crippen LogP contribution in [0.4, 0.5) is 0 Å². The van der Waals surface area contributed by atoms with Gasteiger partial charge in [0.15, 0.2) is 0 Å². The van der Waals surface area contributed by atoms with E-state index < -0.39 is 18.6 Å². The number of nitrogens with one attached hydrogen (secondary N) is 1. The Kier molecular flexibility index (Phi) is 3.54. The minimum Gasteiger partial charge on any atom is -0.478 e. The number of aromatic carboxylic acids is 1. The molecule has 0 spiro atoms. The highest BCUT2D eigenvalue weighted by Gasteiger charge is 2.33. The molecule has 1 aliphatic heterocycles. The Morgan fingerprint density at radius 3 is 2.59 bits per heavy atom. The van der Waals surface area contributed by atoms with Crippen molar-refractivity contribution in [1.29, 1.82) is 0 Å². The SMILES string of the molecule is CC1(C)COB(c2ccc3[nH]c(=O)cc(C(=O)O)c3c2)OC1. The highest BCUT2D eigenvalue weighted by atomic mass is 16.6. The van der Waals surface area contributed by atoms with E-state index in [0.717, 1.165) is 11.5 Å². The number of pyridine rings is 1. The minimum atomic E-state index is -1.14. The van der Waals surface area contributed by atoms with Crippen molar-refractivity contribution in [1.82, 2.24) is 4.98 Å². The molecule has 1 aromatic heterocycles. The Bertz CT molecular complexity index is 788. The second-order valence-electron chi connectivity index (χ2n) is 6.28. The monoisotopic (exact) mass is 301 g/mol. The van der Waals surface area contributed by atoms with Crippen LogP contribution in [0.5, 0.6) is 0 Å². The first kappa shape index (κ1) is 14.8. The van der Waals surface area contributed by atoms with Gasteiger partial charge < -0.3 is 19.4 Å². The quantitative estimate of drug-likeness (QED) is 0.808. The van der Waals surface area contributed by atoms with Crippen LogP contribution in [0.2, 0.25) is 0 Å². The second-order valence-corrected chi connectivity index (χ2v) is 6.28. The number of aromatic nitrogens is 1. The lowest BCUT2D eigenvalue weighted by molar-refractivity contribution is 0.0343. The molecule has 1 aliphatic rings. The molecule has 22 heavy (non-hydrogen) atoms. The summed E-state index contributed by atoms with van der Waals surface area (Å²) in [6.07, 6.45) is 0. The normalized spacial score (nSPS) is 17.6. The molecule has 6 nitrogen and oxygen atoms in total. The molecule has 0 radical (unpaired) electrons. The van der Waals surface area contributed by atoms with E-state index in [1.807, 2.05) is 0 Å². The largest absolute Gasteiger partial charge is 0.493 e. The Labute approximate surface area is 127 Å². The molecule has 0 amide bonds. The van der Waals surface area contributed by atoms with E-state index in [4.69, 9.17) is 9.31 Å². The number of carboxylic acid groups (broad SMARTS) is 1. The number of hydrogen-bond donors (Lipinski definition) is 2. The first-order valence-corrected chi connectivity index (χ1v) is 6.99. The number of carboxylic acids is 1. The standard InChI is InChI=1S/C15H16BNO5/c1-15(2)7-21-16(22-8-15)9-3-4-12-10(5-9)11(14(19)20)6-13(18)17-12/h3-6H,7-8H2,1-2H3,(H,17,18)(H,19,20). The third-order valence-electron chi connectivity index (χ3n) is 3.62. The topological polar surface area (TPSA) is 88.6 Å². The molecule has 2 N–H and O–H groups in total. The molecule has 7 heteroatoms. The van der Waals surface area contributed by atoms with Gasteiger partial charge in [-0.1, -0.05) is 26.0 Å². The predicted molar refractivity (Wildman–Crippen MR) is 82.6 cm³/mol. The van der Waals surface area contributed by atoms with Crippen LogP contribution in [0.25, 0.3) is 10.9 Å². The fourth-order valence-electron chi connectivity index (χ4n) is 2.48. The molecule has 0 atom stereocenters. The zero-order valence-corrected chi connectivity index (χ0v) is 12.4. The fraction of sp³-hybridized carbons (Fsp3) is 0.333. The summed E-state index contributed by atoms with van der Waals surface area (Å²) in [5, 5.41) is 9.72. The fourth-order valence-corrected chi connectivity index (χ4v) is 2.48. The van der Waals surface area contributed by atoms with Gasteiger partial charge >= 0.3 is 13.1 Å². The molecule has 0 bridgehead atoms. The molecule has 114 valence electrons. The van der Waals surface area contributed by atoms with Crippen molar-refractivity contribution in [3.63, 3.8) is 0 Å². The highest BCUT2D eigenvalue weighted by Crippen LogP contribution is 2.22. The summed E-state index contributed by atoms with van der Waals surface area (Å²) in [5.41, 5.74) is 0.703.